The van der Waals surface area contributed by atoms with E-state index in [1.807, 2.05) is 0 Å². The number of ketones is 1. The van der Waals surface area contributed by atoms with E-state index in [4.69, 9.17) is 0 Å². The number of carbonyl (C=O) groups excluding carboxylic acids is 2. The standard InChI is InChI=1S/C17H17F4NO3/c1-3-12(16(24)25-2)22-13-8-11(18)15(23)14(13)9-5-4-6-10(7-9)17(19,20)21/h4-7,11-12,22H,3,8H2,1-2H3. The van der Waals surface area contributed by atoms with Gasteiger partial charge in [0.25, 0.3) is 0 Å². The molecule has 0 radical (unpaired) electrons. The van der Waals surface area contributed by atoms with Gasteiger partial charge in [-0.15, -0.1) is 0 Å². The van der Waals surface area contributed by atoms with Gasteiger partial charge < -0.3 is 10.1 Å². The lowest BCUT2D eigenvalue weighted by Crippen LogP contribution is -2.36. The van der Waals surface area contributed by atoms with Gasteiger partial charge in [-0.25, -0.2) is 9.18 Å². The summed E-state index contributed by atoms with van der Waals surface area (Å²) in [6, 6.07) is 3.30. The molecule has 1 aromatic carbocycles. The quantitative estimate of drug-likeness (QED) is 0.648. The summed E-state index contributed by atoms with van der Waals surface area (Å²) < 4.78 is 57.2. The number of alkyl halides is 4. The van der Waals surface area contributed by atoms with Gasteiger partial charge in [-0.2, -0.15) is 13.2 Å². The molecule has 0 saturated carbocycles. The number of halogens is 4. The number of Topliss-reactive ketones (excluding diaryl/α,β-unsaturated/α-hetero) is 1. The van der Waals surface area contributed by atoms with Gasteiger partial charge in [0.2, 0.25) is 0 Å². The van der Waals surface area contributed by atoms with E-state index in [1.54, 1.807) is 6.92 Å². The van der Waals surface area contributed by atoms with E-state index in [-0.39, 0.29) is 23.3 Å². The van der Waals surface area contributed by atoms with Crippen LogP contribution in [0.1, 0.15) is 30.9 Å². The lowest BCUT2D eigenvalue weighted by Gasteiger charge is -2.18. The molecular weight excluding hydrogens is 342 g/mol. The first-order valence-electron chi connectivity index (χ1n) is 7.62. The lowest BCUT2D eigenvalue weighted by atomic mass is 10.0. The predicted octanol–water partition coefficient (Wildman–Crippen LogP) is 3.27. The Morgan fingerprint density at radius 2 is 2.08 bits per heavy atom. The first-order valence-corrected chi connectivity index (χ1v) is 7.62. The van der Waals surface area contributed by atoms with Crippen molar-refractivity contribution in [2.24, 2.45) is 0 Å². The van der Waals surface area contributed by atoms with E-state index in [0.717, 1.165) is 18.2 Å². The second kappa shape index (κ2) is 7.25. The van der Waals surface area contributed by atoms with Gasteiger partial charge in [0, 0.05) is 17.7 Å². The minimum Gasteiger partial charge on any atom is -0.467 e. The van der Waals surface area contributed by atoms with E-state index >= 15 is 0 Å². The van der Waals surface area contributed by atoms with Crippen LogP contribution in [0.5, 0.6) is 0 Å². The summed E-state index contributed by atoms with van der Waals surface area (Å²) in [7, 11) is 1.19. The number of hydrogen-bond acceptors (Lipinski definition) is 4. The first kappa shape index (κ1) is 19.0. The highest BCUT2D eigenvalue weighted by molar-refractivity contribution is 6.26. The normalized spacial score (nSPS) is 19.1. The molecule has 0 bridgehead atoms. The predicted molar refractivity (Wildman–Crippen MR) is 82.1 cm³/mol. The summed E-state index contributed by atoms with van der Waals surface area (Å²) in [5.74, 6) is -1.50. The van der Waals surface area contributed by atoms with Crippen molar-refractivity contribution in [3.63, 3.8) is 0 Å². The minimum atomic E-state index is -4.58. The number of nitrogens with one attached hydrogen (secondary N) is 1. The zero-order valence-corrected chi connectivity index (χ0v) is 13.6. The third-order valence-corrected chi connectivity index (χ3v) is 3.94. The maximum Gasteiger partial charge on any atom is 0.416 e. The number of esters is 1. The minimum absolute atomic E-state index is 0.0396. The fourth-order valence-corrected chi connectivity index (χ4v) is 2.66. The Labute approximate surface area is 141 Å². The maximum atomic E-state index is 13.9. The molecule has 25 heavy (non-hydrogen) atoms. The number of hydrogen-bond donors (Lipinski definition) is 1. The lowest BCUT2D eigenvalue weighted by molar-refractivity contribution is -0.143. The molecule has 0 fully saturated rings. The Morgan fingerprint density at radius 1 is 1.40 bits per heavy atom. The summed E-state index contributed by atoms with van der Waals surface area (Å²) in [5.41, 5.74) is -1.04. The van der Waals surface area contributed by atoms with Crippen LogP contribution >= 0.6 is 0 Å². The average Bonchev–Trinajstić information content (AvgIpc) is 2.85. The van der Waals surface area contributed by atoms with Gasteiger partial charge in [0.15, 0.2) is 12.0 Å². The van der Waals surface area contributed by atoms with Gasteiger partial charge in [0.1, 0.15) is 6.04 Å². The van der Waals surface area contributed by atoms with Crippen LogP contribution in [0, 0.1) is 0 Å². The fourth-order valence-electron chi connectivity index (χ4n) is 2.66. The molecule has 136 valence electrons. The number of ether oxygens (including phenoxy) is 1. The van der Waals surface area contributed by atoms with Crippen LogP contribution in [0.4, 0.5) is 17.6 Å². The Morgan fingerprint density at radius 3 is 2.64 bits per heavy atom. The summed E-state index contributed by atoms with van der Waals surface area (Å²) >= 11 is 0. The van der Waals surface area contributed by atoms with Crippen molar-refractivity contribution < 1.29 is 31.9 Å². The van der Waals surface area contributed by atoms with Crippen LogP contribution < -0.4 is 5.32 Å². The summed E-state index contributed by atoms with van der Waals surface area (Å²) in [6.07, 6.45) is -6.46. The molecule has 0 aliphatic heterocycles. The molecular formula is C17H17F4NO3. The zero-order chi connectivity index (χ0) is 18.8. The molecule has 1 aliphatic carbocycles. The molecule has 2 unspecified atom stereocenters. The van der Waals surface area contributed by atoms with Crippen LogP contribution in [0.3, 0.4) is 0 Å². The number of benzene rings is 1. The van der Waals surface area contributed by atoms with Gasteiger partial charge in [0.05, 0.1) is 12.7 Å². The molecule has 0 saturated heterocycles. The van der Waals surface area contributed by atoms with Gasteiger partial charge in [-0.05, 0) is 24.1 Å². The van der Waals surface area contributed by atoms with E-state index in [1.165, 1.54) is 13.2 Å². The van der Waals surface area contributed by atoms with Gasteiger partial charge in [-0.3, -0.25) is 4.79 Å². The highest BCUT2D eigenvalue weighted by atomic mass is 19.4. The molecule has 0 aromatic heterocycles. The molecule has 0 heterocycles. The van der Waals surface area contributed by atoms with E-state index in [0.29, 0.717) is 6.42 Å². The SMILES string of the molecule is CCC(NC1=C(c2cccc(C(F)(F)F)c2)C(=O)C(F)C1)C(=O)OC. The van der Waals surface area contributed by atoms with E-state index < -0.39 is 35.7 Å². The molecule has 1 aromatic rings. The molecule has 0 amide bonds. The maximum absolute atomic E-state index is 13.9. The van der Waals surface area contributed by atoms with E-state index in [9.17, 15) is 27.2 Å². The fraction of sp³-hybridized carbons (Fsp3) is 0.412. The van der Waals surface area contributed by atoms with Crippen molar-refractivity contribution in [1.82, 2.24) is 5.32 Å². The summed E-state index contributed by atoms with van der Waals surface area (Å²) in [4.78, 5) is 23.8. The van der Waals surface area contributed by atoms with Crippen molar-refractivity contribution in [1.29, 1.82) is 0 Å². The Hall–Kier alpha value is -2.38. The van der Waals surface area contributed by atoms with Crippen LogP contribution in [0.25, 0.3) is 5.57 Å². The number of carbonyl (C=O) groups is 2. The third kappa shape index (κ3) is 4.00. The van der Waals surface area contributed by atoms with Crippen molar-refractivity contribution >= 4 is 17.3 Å². The molecule has 2 rings (SSSR count). The Bertz CT molecular complexity index is 712. The topological polar surface area (TPSA) is 55.4 Å². The molecule has 8 heteroatoms. The largest absolute Gasteiger partial charge is 0.467 e. The van der Waals surface area contributed by atoms with Crippen LogP contribution in [-0.4, -0.2) is 31.1 Å². The number of rotatable bonds is 5. The monoisotopic (exact) mass is 359 g/mol. The second-order valence-corrected chi connectivity index (χ2v) is 5.60. The molecule has 0 spiro atoms. The van der Waals surface area contributed by atoms with Gasteiger partial charge in [-0.1, -0.05) is 19.1 Å². The molecule has 1 aliphatic rings. The van der Waals surface area contributed by atoms with Crippen LogP contribution in [0.2, 0.25) is 0 Å². The van der Waals surface area contributed by atoms with Crippen molar-refractivity contribution in [2.45, 2.75) is 38.2 Å². The highest BCUT2D eigenvalue weighted by Crippen LogP contribution is 2.35. The van der Waals surface area contributed by atoms with Crippen LogP contribution in [0.15, 0.2) is 30.0 Å². The van der Waals surface area contributed by atoms with Crippen molar-refractivity contribution in [2.75, 3.05) is 7.11 Å². The Kier molecular flexibility index (Phi) is 5.49. The molecule has 2 atom stereocenters. The van der Waals surface area contributed by atoms with Crippen LogP contribution in [-0.2, 0) is 20.5 Å². The zero-order valence-electron chi connectivity index (χ0n) is 13.6. The first-order chi connectivity index (χ1) is 11.7. The molecule has 4 nitrogen and oxygen atoms in total. The van der Waals surface area contributed by atoms with Crippen molar-refractivity contribution in [3.05, 3.63) is 41.1 Å². The summed E-state index contributed by atoms with van der Waals surface area (Å²) in [6.45, 7) is 1.68. The smallest absolute Gasteiger partial charge is 0.416 e. The summed E-state index contributed by atoms with van der Waals surface area (Å²) in [5, 5.41) is 2.75. The highest BCUT2D eigenvalue weighted by Gasteiger charge is 2.37. The Balaban J connectivity index is 2.46. The van der Waals surface area contributed by atoms with E-state index in [2.05, 4.69) is 10.1 Å². The third-order valence-electron chi connectivity index (χ3n) is 3.94. The number of allylic oxidation sites excluding steroid dienone is 2. The second-order valence-electron chi connectivity index (χ2n) is 5.60. The average molecular weight is 359 g/mol. The molecule has 1 N–H and O–H groups in total. The van der Waals surface area contributed by atoms with Crippen molar-refractivity contribution in [3.8, 4) is 0 Å². The number of methoxy groups -OCH3 is 1. The van der Waals surface area contributed by atoms with Gasteiger partial charge >= 0.3 is 12.1 Å².